The van der Waals surface area contributed by atoms with Crippen LogP contribution < -0.4 is 10.6 Å². The normalized spacial score (nSPS) is 17.3. The molecule has 1 aliphatic rings. The molecule has 1 fully saturated rings. The molecule has 38 heavy (non-hydrogen) atoms. The Kier molecular flexibility index (Phi) is 18.3. The summed E-state index contributed by atoms with van der Waals surface area (Å²) >= 11 is 0. The lowest BCUT2D eigenvalue weighted by molar-refractivity contribution is -0.140. The highest BCUT2D eigenvalue weighted by molar-refractivity contribution is 5.78. The Morgan fingerprint density at radius 2 is 1.00 bits per heavy atom. The van der Waals surface area contributed by atoms with Crippen LogP contribution in [0.2, 0.25) is 0 Å². The van der Waals surface area contributed by atoms with Gasteiger partial charge >= 0.3 is 11.9 Å². The number of nitrogens with zero attached hydrogens (tertiary/aromatic N) is 4. The molecule has 0 aromatic rings. The van der Waals surface area contributed by atoms with Crippen LogP contribution in [0.3, 0.4) is 0 Å². The van der Waals surface area contributed by atoms with Crippen LogP contribution in [0.4, 0.5) is 0 Å². The highest BCUT2D eigenvalue weighted by Gasteiger charge is 2.19. The maximum absolute atomic E-state index is 12.6. The predicted octanol–water partition coefficient (Wildman–Crippen LogP) is -0.01000. The molecule has 2 amide bonds. The Hall–Kier alpha value is -2.28. The van der Waals surface area contributed by atoms with Crippen LogP contribution in [0, 0.1) is 0 Å². The van der Waals surface area contributed by atoms with E-state index in [-0.39, 0.29) is 31.4 Å². The van der Waals surface area contributed by atoms with Crippen molar-refractivity contribution in [2.45, 2.75) is 52.4 Å². The number of amides is 2. The van der Waals surface area contributed by atoms with E-state index in [1.165, 1.54) is 0 Å². The molecule has 220 valence electrons. The SMILES string of the molecule is CCCCCNC(=O)CCCCNC(=O)CN1CCN(CC)CCN(CC(=O)O)CCN(CC(=O)O)CC1. The summed E-state index contributed by atoms with van der Waals surface area (Å²) < 4.78 is 0. The molecule has 0 atom stereocenters. The highest BCUT2D eigenvalue weighted by atomic mass is 16.4. The third-order valence-corrected chi connectivity index (χ3v) is 6.72. The van der Waals surface area contributed by atoms with Crippen molar-refractivity contribution in [1.82, 2.24) is 30.2 Å². The van der Waals surface area contributed by atoms with Crippen molar-refractivity contribution < 1.29 is 29.4 Å². The Morgan fingerprint density at radius 1 is 0.579 bits per heavy atom. The second-order valence-electron chi connectivity index (χ2n) is 9.91. The van der Waals surface area contributed by atoms with Gasteiger partial charge in [-0.05, 0) is 25.8 Å². The number of unbranched alkanes of at least 4 members (excludes halogenated alkanes) is 3. The van der Waals surface area contributed by atoms with Crippen molar-refractivity contribution in [3.8, 4) is 0 Å². The molecule has 1 saturated heterocycles. The van der Waals surface area contributed by atoms with Gasteiger partial charge in [-0.25, -0.2) is 0 Å². The lowest BCUT2D eigenvalue weighted by atomic mass is 10.2. The second kappa shape index (κ2) is 20.7. The van der Waals surface area contributed by atoms with E-state index in [0.717, 1.165) is 51.7 Å². The topological polar surface area (TPSA) is 146 Å². The maximum Gasteiger partial charge on any atom is 0.317 e. The molecule has 0 bridgehead atoms. The number of carboxylic acids is 2. The zero-order chi connectivity index (χ0) is 28.2. The Labute approximate surface area is 227 Å². The van der Waals surface area contributed by atoms with Crippen molar-refractivity contribution in [1.29, 1.82) is 0 Å². The van der Waals surface area contributed by atoms with Gasteiger partial charge in [-0.3, -0.25) is 33.9 Å². The fraction of sp³-hybridized carbons (Fsp3) is 0.846. The van der Waals surface area contributed by atoms with Crippen molar-refractivity contribution >= 4 is 23.8 Å². The van der Waals surface area contributed by atoms with Gasteiger partial charge in [0.15, 0.2) is 0 Å². The van der Waals surface area contributed by atoms with Crippen LogP contribution in [0.25, 0.3) is 0 Å². The molecule has 0 aromatic carbocycles. The first-order valence-corrected chi connectivity index (χ1v) is 14.1. The average Bonchev–Trinajstić information content (AvgIpc) is 2.86. The first-order chi connectivity index (χ1) is 18.2. The lowest BCUT2D eigenvalue weighted by Gasteiger charge is -2.33. The number of carbonyl (C=O) groups excluding carboxylic acids is 2. The molecule has 12 nitrogen and oxygen atoms in total. The zero-order valence-electron chi connectivity index (χ0n) is 23.5. The van der Waals surface area contributed by atoms with Crippen molar-refractivity contribution in [2.75, 3.05) is 91.6 Å². The predicted molar refractivity (Wildman–Crippen MR) is 146 cm³/mol. The Balaban J connectivity index is 2.54. The summed E-state index contributed by atoms with van der Waals surface area (Å²) in [5.41, 5.74) is 0. The van der Waals surface area contributed by atoms with E-state index in [2.05, 4.69) is 29.4 Å². The van der Waals surface area contributed by atoms with E-state index in [1.807, 2.05) is 9.80 Å². The molecule has 1 aliphatic heterocycles. The molecular weight excluding hydrogens is 492 g/mol. The largest absolute Gasteiger partial charge is 0.480 e. The summed E-state index contributed by atoms with van der Waals surface area (Å²) in [6.07, 6.45) is 5.15. The molecule has 0 aliphatic carbocycles. The summed E-state index contributed by atoms with van der Waals surface area (Å²) in [5.74, 6) is -1.85. The van der Waals surface area contributed by atoms with E-state index >= 15 is 0 Å². The van der Waals surface area contributed by atoms with Gasteiger partial charge < -0.3 is 25.7 Å². The number of hydrogen-bond donors (Lipinski definition) is 4. The lowest BCUT2D eigenvalue weighted by Crippen LogP contribution is -2.49. The molecule has 0 saturated carbocycles. The Morgan fingerprint density at radius 3 is 1.45 bits per heavy atom. The minimum atomic E-state index is -0.932. The monoisotopic (exact) mass is 542 g/mol. The molecule has 0 aromatic heterocycles. The number of nitrogens with one attached hydrogen (secondary N) is 2. The molecule has 12 heteroatoms. The summed E-state index contributed by atoms with van der Waals surface area (Å²) in [5, 5.41) is 24.4. The summed E-state index contributed by atoms with van der Waals surface area (Å²) in [6.45, 7) is 10.8. The second-order valence-corrected chi connectivity index (χ2v) is 9.91. The third kappa shape index (κ3) is 17.3. The zero-order valence-corrected chi connectivity index (χ0v) is 23.5. The quantitative estimate of drug-likeness (QED) is 0.196. The smallest absolute Gasteiger partial charge is 0.317 e. The van der Waals surface area contributed by atoms with Crippen LogP contribution in [0.5, 0.6) is 0 Å². The van der Waals surface area contributed by atoms with E-state index < -0.39 is 11.9 Å². The average molecular weight is 543 g/mol. The van der Waals surface area contributed by atoms with Crippen LogP contribution in [-0.2, 0) is 19.2 Å². The molecule has 0 radical (unpaired) electrons. The molecule has 4 N–H and O–H groups in total. The number of likely N-dealkylation sites (N-methyl/N-ethyl adjacent to an activating group) is 1. The molecule has 1 rings (SSSR count). The van der Waals surface area contributed by atoms with Gasteiger partial charge in [-0.15, -0.1) is 0 Å². The van der Waals surface area contributed by atoms with Crippen LogP contribution in [0.1, 0.15) is 52.4 Å². The van der Waals surface area contributed by atoms with E-state index in [0.29, 0.717) is 58.8 Å². The first kappa shape index (κ1) is 33.7. The highest BCUT2D eigenvalue weighted by Crippen LogP contribution is 2.02. The van der Waals surface area contributed by atoms with E-state index in [9.17, 15) is 29.4 Å². The number of rotatable bonds is 16. The van der Waals surface area contributed by atoms with Gasteiger partial charge in [0, 0.05) is 71.9 Å². The molecule has 1 heterocycles. The Bertz CT molecular complexity index is 710. The van der Waals surface area contributed by atoms with Crippen LogP contribution in [-0.4, -0.2) is 145 Å². The number of carboxylic acid groups (broad SMARTS) is 2. The summed E-state index contributed by atoms with van der Waals surface area (Å²) in [4.78, 5) is 55.1. The third-order valence-electron chi connectivity index (χ3n) is 6.72. The van der Waals surface area contributed by atoms with Gasteiger partial charge in [-0.2, -0.15) is 0 Å². The minimum Gasteiger partial charge on any atom is -0.480 e. The van der Waals surface area contributed by atoms with Gasteiger partial charge in [-0.1, -0.05) is 26.7 Å². The van der Waals surface area contributed by atoms with Crippen LogP contribution >= 0.6 is 0 Å². The van der Waals surface area contributed by atoms with Gasteiger partial charge in [0.2, 0.25) is 11.8 Å². The fourth-order valence-electron chi connectivity index (χ4n) is 4.34. The van der Waals surface area contributed by atoms with Crippen molar-refractivity contribution in [2.24, 2.45) is 0 Å². The van der Waals surface area contributed by atoms with Gasteiger partial charge in [0.25, 0.3) is 0 Å². The summed E-state index contributed by atoms with van der Waals surface area (Å²) in [6, 6.07) is 0. The molecule has 0 unspecified atom stereocenters. The van der Waals surface area contributed by atoms with Gasteiger partial charge in [0.1, 0.15) is 0 Å². The van der Waals surface area contributed by atoms with Crippen molar-refractivity contribution in [3.63, 3.8) is 0 Å². The fourth-order valence-corrected chi connectivity index (χ4v) is 4.34. The maximum atomic E-state index is 12.6. The van der Waals surface area contributed by atoms with E-state index in [1.54, 1.807) is 4.90 Å². The standard InChI is InChI=1S/C26H50N6O6/c1-3-5-7-10-27-23(33)9-6-8-11-28-24(34)20-30-14-12-29(4-2)13-15-31(21-25(35)36)18-19-32(17-16-30)22-26(37)38/h3-22H2,1-2H3,(H,27,33)(H,28,34)(H,35,36)(H,37,38). The number of hydrogen-bond acceptors (Lipinski definition) is 8. The first-order valence-electron chi connectivity index (χ1n) is 14.1. The molecular formula is C26H50N6O6. The summed E-state index contributed by atoms with van der Waals surface area (Å²) in [7, 11) is 0. The number of aliphatic carboxylic acids is 2. The molecule has 0 spiro atoms. The van der Waals surface area contributed by atoms with Crippen molar-refractivity contribution in [3.05, 3.63) is 0 Å². The van der Waals surface area contributed by atoms with E-state index in [4.69, 9.17) is 0 Å². The minimum absolute atomic E-state index is 0.0595. The number of carbonyl (C=O) groups is 4. The van der Waals surface area contributed by atoms with Gasteiger partial charge in [0.05, 0.1) is 19.6 Å². The van der Waals surface area contributed by atoms with Crippen LogP contribution in [0.15, 0.2) is 0 Å².